The van der Waals surface area contributed by atoms with Crippen molar-refractivity contribution in [3.05, 3.63) is 52.5 Å². The molecule has 0 fully saturated rings. The van der Waals surface area contributed by atoms with Gasteiger partial charge in [0.1, 0.15) is 0 Å². The van der Waals surface area contributed by atoms with Crippen LogP contribution in [0.5, 0.6) is 5.75 Å². The lowest BCUT2D eigenvalue weighted by molar-refractivity contribution is -0.122. The molecule has 6 heteroatoms. The van der Waals surface area contributed by atoms with Crippen molar-refractivity contribution < 1.29 is 19.0 Å². The van der Waals surface area contributed by atoms with Gasteiger partial charge in [-0.15, -0.1) is 0 Å². The van der Waals surface area contributed by atoms with Crippen LogP contribution in [-0.4, -0.2) is 24.2 Å². The molecule has 1 unspecified atom stereocenters. The Kier molecular flexibility index (Phi) is 5.71. The first-order valence-electron chi connectivity index (χ1n) is 6.51. The van der Waals surface area contributed by atoms with Crippen LogP contribution in [0.15, 0.2) is 41.1 Å². The number of ether oxygens (including phenoxy) is 1. The fourth-order valence-electron chi connectivity index (χ4n) is 1.70. The molecular weight excluding hydrogens is 293 g/mol. The van der Waals surface area contributed by atoms with Crippen LogP contribution in [0.1, 0.15) is 18.1 Å². The van der Waals surface area contributed by atoms with E-state index in [1.165, 1.54) is 23.5 Å². The number of amides is 1. The predicted molar refractivity (Wildman–Crippen MR) is 78.8 cm³/mol. The van der Waals surface area contributed by atoms with E-state index in [-0.39, 0.29) is 31.2 Å². The van der Waals surface area contributed by atoms with Crippen LogP contribution in [0, 0.1) is 5.82 Å². The Bertz CT molecular complexity index is 574. The molecule has 1 atom stereocenters. The van der Waals surface area contributed by atoms with Gasteiger partial charge in [-0.1, -0.05) is 12.1 Å². The number of aliphatic hydroxyl groups excluding tert-OH is 1. The maximum atomic E-state index is 13.3. The van der Waals surface area contributed by atoms with Crippen LogP contribution in [-0.2, 0) is 4.79 Å². The molecule has 0 aliphatic carbocycles. The van der Waals surface area contributed by atoms with E-state index in [4.69, 9.17) is 4.74 Å². The SMILES string of the molecule is O=C(CCOc1ccccc1F)NCC(O)c1ccsc1. The molecule has 1 amide bonds. The van der Waals surface area contributed by atoms with E-state index < -0.39 is 11.9 Å². The summed E-state index contributed by atoms with van der Waals surface area (Å²) in [5.41, 5.74) is 0.780. The monoisotopic (exact) mass is 309 g/mol. The third-order valence-electron chi connectivity index (χ3n) is 2.84. The Morgan fingerprint density at radius 1 is 1.38 bits per heavy atom. The van der Waals surface area contributed by atoms with Crippen LogP contribution in [0.4, 0.5) is 4.39 Å². The highest BCUT2D eigenvalue weighted by Crippen LogP contribution is 2.16. The van der Waals surface area contributed by atoms with Gasteiger partial charge < -0.3 is 15.2 Å². The van der Waals surface area contributed by atoms with Gasteiger partial charge in [0.05, 0.1) is 19.1 Å². The van der Waals surface area contributed by atoms with Gasteiger partial charge in [-0.05, 0) is 34.5 Å². The average Bonchev–Trinajstić information content (AvgIpc) is 3.01. The van der Waals surface area contributed by atoms with Crippen molar-refractivity contribution in [3.63, 3.8) is 0 Å². The van der Waals surface area contributed by atoms with Crippen LogP contribution in [0.25, 0.3) is 0 Å². The fraction of sp³-hybridized carbons (Fsp3) is 0.267. The molecule has 0 saturated carbocycles. The van der Waals surface area contributed by atoms with Crippen molar-refractivity contribution >= 4 is 17.2 Å². The summed E-state index contributed by atoms with van der Waals surface area (Å²) in [6, 6.07) is 7.85. The number of para-hydroxylation sites is 1. The predicted octanol–water partition coefficient (Wildman–Crippen LogP) is 2.51. The first kappa shape index (κ1) is 15.5. The Balaban J connectivity index is 1.67. The van der Waals surface area contributed by atoms with Crippen molar-refractivity contribution in [3.8, 4) is 5.75 Å². The number of rotatable bonds is 7. The third kappa shape index (κ3) is 4.84. The zero-order valence-corrected chi connectivity index (χ0v) is 12.1. The van der Waals surface area contributed by atoms with Gasteiger partial charge in [0.15, 0.2) is 11.6 Å². The lowest BCUT2D eigenvalue weighted by atomic mass is 10.2. The van der Waals surface area contributed by atoms with Crippen LogP contribution in [0.3, 0.4) is 0 Å². The summed E-state index contributed by atoms with van der Waals surface area (Å²) in [7, 11) is 0. The van der Waals surface area contributed by atoms with Gasteiger partial charge in [-0.2, -0.15) is 11.3 Å². The van der Waals surface area contributed by atoms with Crippen LogP contribution in [0.2, 0.25) is 0 Å². The number of carbonyl (C=O) groups excluding carboxylic acids is 1. The normalized spacial score (nSPS) is 11.9. The maximum absolute atomic E-state index is 13.3. The van der Waals surface area contributed by atoms with E-state index >= 15 is 0 Å². The van der Waals surface area contributed by atoms with Gasteiger partial charge in [-0.3, -0.25) is 4.79 Å². The molecule has 1 aromatic heterocycles. The second-order valence-electron chi connectivity index (χ2n) is 4.41. The van der Waals surface area contributed by atoms with E-state index in [2.05, 4.69) is 5.32 Å². The smallest absolute Gasteiger partial charge is 0.223 e. The Morgan fingerprint density at radius 3 is 2.90 bits per heavy atom. The minimum atomic E-state index is -0.715. The zero-order valence-electron chi connectivity index (χ0n) is 11.3. The highest BCUT2D eigenvalue weighted by Gasteiger charge is 2.10. The highest BCUT2D eigenvalue weighted by atomic mass is 32.1. The second-order valence-corrected chi connectivity index (χ2v) is 5.19. The summed E-state index contributed by atoms with van der Waals surface area (Å²) >= 11 is 1.49. The molecule has 2 aromatic rings. The first-order valence-corrected chi connectivity index (χ1v) is 7.45. The Labute approximate surface area is 126 Å². The summed E-state index contributed by atoms with van der Waals surface area (Å²) in [4.78, 5) is 11.6. The van der Waals surface area contributed by atoms with Gasteiger partial charge in [0.25, 0.3) is 0 Å². The van der Waals surface area contributed by atoms with Crippen molar-refractivity contribution in [2.24, 2.45) is 0 Å². The van der Waals surface area contributed by atoms with Crippen molar-refractivity contribution in [1.82, 2.24) is 5.32 Å². The number of nitrogens with one attached hydrogen (secondary N) is 1. The first-order chi connectivity index (χ1) is 10.2. The lowest BCUT2D eigenvalue weighted by Crippen LogP contribution is -2.29. The number of thiophene rings is 1. The molecule has 0 spiro atoms. The number of halogens is 1. The van der Waals surface area contributed by atoms with E-state index in [9.17, 15) is 14.3 Å². The van der Waals surface area contributed by atoms with Crippen LogP contribution >= 0.6 is 11.3 Å². The Morgan fingerprint density at radius 2 is 2.19 bits per heavy atom. The Hall–Kier alpha value is -1.92. The zero-order chi connectivity index (χ0) is 15.1. The number of aliphatic hydroxyl groups is 1. The second kappa shape index (κ2) is 7.75. The standard InChI is InChI=1S/C15H16FNO3S/c16-12-3-1-2-4-14(12)20-7-5-15(19)17-9-13(18)11-6-8-21-10-11/h1-4,6,8,10,13,18H,5,7,9H2,(H,17,19). The number of benzene rings is 1. The molecule has 21 heavy (non-hydrogen) atoms. The fourth-order valence-corrected chi connectivity index (χ4v) is 2.40. The van der Waals surface area contributed by atoms with E-state index in [1.807, 2.05) is 16.8 Å². The largest absolute Gasteiger partial charge is 0.490 e. The summed E-state index contributed by atoms with van der Waals surface area (Å²) in [5, 5.41) is 16.1. The quantitative estimate of drug-likeness (QED) is 0.826. The molecule has 0 aliphatic heterocycles. The minimum Gasteiger partial charge on any atom is -0.490 e. The molecule has 0 bridgehead atoms. The minimum absolute atomic E-state index is 0.0846. The summed E-state index contributed by atoms with van der Waals surface area (Å²) in [6.07, 6.45) is -0.613. The molecule has 112 valence electrons. The van der Waals surface area contributed by atoms with E-state index in [0.717, 1.165) is 5.56 Å². The van der Waals surface area contributed by atoms with Gasteiger partial charge in [0, 0.05) is 6.54 Å². The molecule has 1 aromatic carbocycles. The third-order valence-corrected chi connectivity index (χ3v) is 3.55. The lowest BCUT2D eigenvalue weighted by Gasteiger charge is -2.11. The molecule has 2 rings (SSSR count). The molecule has 2 N–H and O–H groups in total. The van der Waals surface area contributed by atoms with E-state index in [0.29, 0.717) is 0 Å². The topological polar surface area (TPSA) is 58.6 Å². The highest BCUT2D eigenvalue weighted by molar-refractivity contribution is 7.07. The maximum Gasteiger partial charge on any atom is 0.223 e. The average molecular weight is 309 g/mol. The van der Waals surface area contributed by atoms with Crippen LogP contribution < -0.4 is 10.1 Å². The molecule has 0 radical (unpaired) electrons. The molecule has 1 heterocycles. The van der Waals surface area contributed by atoms with Crippen molar-refractivity contribution in [2.75, 3.05) is 13.2 Å². The van der Waals surface area contributed by atoms with Gasteiger partial charge in [0.2, 0.25) is 5.91 Å². The summed E-state index contributed by atoms with van der Waals surface area (Å²) in [6.45, 7) is 0.233. The van der Waals surface area contributed by atoms with Crippen molar-refractivity contribution in [1.29, 1.82) is 0 Å². The number of carbonyl (C=O) groups is 1. The van der Waals surface area contributed by atoms with E-state index in [1.54, 1.807) is 12.1 Å². The summed E-state index contributed by atoms with van der Waals surface area (Å²) < 4.78 is 18.5. The van der Waals surface area contributed by atoms with Crippen molar-refractivity contribution in [2.45, 2.75) is 12.5 Å². The van der Waals surface area contributed by atoms with Gasteiger partial charge >= 0.3 is 0 Å². The molecular formula is C15H16FNO3S. The molecule has 0 saturated heterocycles. The number of hydrogen-bond acceptors (Lipinski definition) is 4. The molecule has 0 aliphatic rings. The van der Waals surface area contributed by atoms with Gasteiger partial charge in [-0.25, -0.2) is 4.39 Å². The molecule has 4 nitrogen and oxygen atoms in total. The summed E-state index contributed by atoms with van der Waals surface area (Å²) in [5.74, 6) is -0.574. The number of hydrogen-bond donors (Lipinski definition) is 2.